The molecule has 0 aliphatic rings. The Balaban J connectivity index is 1.69. The molecule has 0 aliphatic heterocycles. The predicted octanol–water partition coefficient (Wildman–Crippen LogP) is 5.07. The molecule has 0 radical (unpaired) electrons. The molecule has 0 saturated heterocycles. The predicted molar refractivity (Wildman–Crippen MR) is 88.4 cm³/mol. The number of nitrogens with one attached hydrogen (secondary N) is 1. The molecule has 2 aromatic carbocycles. The molecule has 1 N–H and O–H groups in total. The van der Waals surface area contributed by atoms with Crippen LogP contribution in [0.5, 0.6) is 0 Å². The summed E-state index contributed by atoms with van der Waals surface area (Å²) in [5, 5.41) is 5.68. The van der Waals surface area contributed by atoms with Crippen molar-refractivity contribution < 1.29 is 0 Å². The lowest BCUT2D eigenvalue weighted by molar-refractivity contribution is 1.02. The maximum atomic E-state index is 3.56. The Bertz CT molecular complexity index is 644. The van der Waals surface area contributed by atoms with E-state index in [0.29, 0.717) is 0 Å². The molecule has 0 saturated carbocycles. The quantitative estimate of drug-likeness (QED) is 0.687. The Morgan fingerprint density at radius 2 is 1.60 bits per heavy atom. The molecule has 1 nitrogen and oxygen atoms in total. The van der Waals surface area contributed by atoms with Gasteiger partial charge in [0.2, 0.25) is 0 Å². The van der Waals surface area contributed by atoms with Gasteiger partial charge >= 0.3 is 0 Å². The molecule has 0 unspecified atom stereocenters. The summed E-state index contributed by atoms with van der Waals surface area (Å²) in [4.78, 5) is 1.31. The van der Waals surface area contributed by atoms with Crippen molar-refractivity contribution in [2.75, 3.05) is 11.9 Å². The van der Waals surface area contributed by atoms with Gasteiger partial charge in [0.05, 0.1) is 0 Å². The molecule has 20 heavy (non-hydrogen) atoms. The molecule has 3 aromatic rings. The van der Waals surface area contributed by atoms with Crippen molar-refractivity contribution >= 4 is 17.0 Å². The minimum atomic E-state index is 0.951. The highest BCUT2D eigenvalue weighted by molar-refractivity contribution is 7.13. The zero-order valence-corrected chi connectivity index (χ0v) is 12.1. The Morgan fingerprint density at radius 1 is 0.800 bits per heavy atom. The first kappa shape index (κ1) is 12.9. The molecule has 2 heteroatoms. The second kappa shape index (κ2) is 6.40. The highest BCUT2D eigenvalue weighted by Gasteiger charge is 2.04. The number of para-hydroxylation sites is 1. The van der Waals surface area contributed by atoms with Crippen LogP contribution in [0.15, 0.2) is 72.1 Å². The summed E-state index contributed by atoms with van der Waals surface area (Å²) in [6.45, 7) is 0.951. The molecule has 3 rings (SSSR count). The van der Waals surface area contributed by atoms with E-state index < -0.39 is 0 Å². The fourth-order valence-electron chi connectivity index (χ4n) is 2.27. The van der Waals surface area contributed by atoms with E-state index >= 15 is 0 Å². The molecule has 0 amide bonds. The second-order valence-corrected chi connectivity index (χ2v) is 5.63. The molecule has 0 aliphatic carbocycles. The molecule has 1 heterocycles. The van der Waals surface area contributed by atoms with E-state index in [1.54, 1.807) is 11.3 Å². The smallest absolute Gasteiger partial charge is 0.0428 e. The van der Waals surface area contributed by atoms with Gasteiger partial charge in [0.1, 0.15) is 0 Å². The van der Waals surface area contributed by atoms with Gasteiger partial charge < -0.3 is 5.32 Å². The van der Waals surface area contributed by atoms with Crippen LogP contribution >= 0.6 is 11.3 Å². The van der Waals surface area contributed by atoms with Crippen LogP contribution in [0.1, 0.15) is 5.56 Å². The van der Waals surface area contributed by atoms with Crippen LogP contribution in [0.3, 0.4) is 0 Å². The van der Waals surface area contributed by atoms with E-state index in [-0.39, 0.29) is 0 Å². The van der Waals surface area contributed by atoms with Crippen LogP contribution in [0.25, 0.3) is 10.4 Å². The monoisotopic (exact) mass is 279 g/mol. The Kier molecular flexibility index (Phi) is 4.14. The molecule has 1 aromatic heterocycles. The lowest BCUT2D eigenvalue weighted by Gasteiger charge is -2.11. The number of hydrogen-bond donors (Lipinski definition) is 1. The average Bonchev–Trinajstić information content (AvgIpc) is 3.03. The first-order chi connectivity index (χ1) is 9.93. The van der Waals surface area contributed by atoms with E-state index in [9.17, 15) is 0 Å². The van der Waals surface area contributed by atoms with Gasteiger partial charge in [0, 0.05) is 22.7 Å². The number of benzene rings is 2. The third kappa shape index (κ3) is 3.09. The summed E-state index contributed by atoms with van der Waals surface area (Å²) in [5.74, 6) is 0. The maximum absolute atomic E-state index is 3.56. The third-order valence-corrected chi connectivity index (χ3v) is 4.19. The number of rotatable bonds is 5. The van der Waals surface area contributed by atoms with Crippen LogP contribution in [0, 0.1) is 0 Å². The van der Waals surface area contributed by atoms with Gasteiger partial charge in [-0.05, 0) is 29.5 Å². The van der Waals surface area contributed by atoms with Crippen LogP contribution < -0.4 is 5.32 Å². The van der Waals surface area contributed by atoms with Crippen molar-refractivity contribution in [1.82, 2.24) is 0 Å². The van der Waals surface area contributed by atoms with Crippen molar-refractivity contribution in [3.05, 3.63) is 77.7 Å². The number of anilines is 1. The minimum absolute atomic E-state index is 0.951. The van der Waals surface area contributed by atoms with Gasteiger partial charge in [-0.25, -0.2) is 0 Å². The Hall–Kier alpha value is -2.06. The van der Waals surface area contributed by atoms with Crippen molar-refractivity contribution in [2.24, 2.45) is 0 Å². The summed E-state index contributed by atoms with van der Waals surface area (Å²) in [6.07, 6.45) is 1.04. The number of hydrogen-bond acceptors (Lipinski definition) is 2. The summed E-state index contributed by atoms with van der Waals surface area (Å²) in [6, 6.07) is 23.4. The van der Waals surface area contributed by atoms with Crippen LogP contribution in [0.4, 0.5) is 5.69 Å². The molecule has 100 valence electrons. The highest BCUT2D eigenvalue weighted by atomic mass is 32.1. The van der Waals surface area contributed by atoms with Gasteiger partial charge in [-0.1, -0.05) is 54.6 Å². The SMILES string of the molecule is c1ccc(CCNc2ccccc2-c2cccs2)cc1. The fourth-order valence-corrected chi connectivity index (χ4v) is 3.04. The van der Waals surface area contributed by atoms with Gasteiger partial charge in [-0.2, -0.15) is 0 Å². The van der Waals surface area contributed by atoms with Crippen molar-refractivity contribution in [1.29, 1.82) is 0 Å². The summed E-state index contributed by atoms with van der Waals surface area (Å²) >= 11 is 1.78. The first-order valence-electron chi connectivity index (χ1n) is 6.84. The molecular formula is C18H17NS. The van der Waals surface area contributed by atoms with E-state index in [2.05, 4.69) is 77.4 Å². The summed E-state index contributed by atoms with van der Waals surface area (Å²) < 4.78 is 0. The van der Waals surface area contributed by atoms with Gasteiger partial charge in [0.25, 0.3) is 0 Å². The van der Waals surface area contributed by atoms with Crippen molar-refractivity contribution in [3.63, 3.8) is 0 Å². The molecule has 0 bridgehead atoms. The van der Waals surface area contributed by atoms with Gasteiger partial charge in [0.15, 0.2) is 0 Å². The molecule has 0 fully saturated rings. The Morgan fingerprint density at radius 3 is 2.40 bits per heavy atom. The van der Waals surface area contributed by atoms with Crippen LogP contribution in [-0.4, -0.2) is 6.54 Å². The van der Waals surface area contributed by atoms with Crippen LogP contribution in [0.2, 0.25) is 0 Å². The second-order valence-electron chi connectivity index (χ2n) is 4.69. The minimum Gasteiger partial charge on any atom is -0.384 e. The lowest BCUT2D eigenvalue weighted by atomic mass is 10.1. The Labute approximate surface area is 123 Å². The maximum Gasteiger partial charge on any atom is 0.0428 e. The van der Waals surface area contributed by atoms with E-state index in [0.717, 1.165) is 13.0 Å². The topological polar surface area (TPSA) is 12.0 Å². The van der Waals surface area contributed by atoms with Gasteiger partial charge in [-0.3, -0.25) is 0 Å². The fraction of sp³-hybridized carbons (Fsp3) is 0.111. The molecule has 0 spiro atoms. The van der Waals surface area contributed by atoms with Crippen LogP contribution in [-0.2, 0) is 6.42 Å². The lowest BCUT2D eigenvalue weighted by Crippen LogP contribution is -2.05. The first-order valence-corrected chi connectivity index (χ1v) is 7.72. The average molecular weight is 279 g/mol. The zero-order chi connectivity index (χ0) is 13.6. The van der Waals surface area contributed by atoms with E-state index in [1.165, 1.54) is 21.7 Å². The molecular weight excluding hydrogens is 262 g/mol. The zero-order valence-electron chi connectivity index (χ0n) is 11.3. The highest BCUT2D eigenvalue weighted by Crippen LogP contribution is 2.31. The summed E-state index contributed by atoms with van der Waals surface area (Å²) in [5.41, 5.74) is 3.87. The normalized spacial score (nSPS) is 10.4. The third-order valence-electron chi connectivity index (χ3n) is 3.29. The largest absolute Gasteiger partial charge is 0.384 e. The summed E-state index contributed by atoms with van der Waals surface area (Å²) in [7, 11) is 0. The van der Waals surface area contributed by atoms with Gasteiger partial charge in [-0.15, -0.1) is 11.3 Å². The van der Waals surface area contributed by atoms with E-state index in [4.69, 9.17) is 0 Å². The van der Waals surface area contributed by atoms with Crippen molar-refractivity contribution in [3.8, 4) is 10.4 Å². The molecule has 0 atom stereocenters. The standard InChI is InChI=1S/C18H17NS/c1-2-7-15(8-3-1)12-13-19-17-10-5-4-9-16(17)18-11-6-14-20-18/h1-11,14,19H,12-13H2. The number of thiophene rings is 1. The van der Waals surface area contributed by atoms with E-state index in [1.807, 2.05) is 0 Å². The van der Waals surface area contributed by atoms with Crippen molar-refractivity contribution in [2.45, 2.75) is 6.42 Å².